The molecule has 0 spiro atoms. The molecule has 0 amide bonds. The summed E-state index contributed by atoms with van der Waals surface area (Å²) in [5.74, 6) is -1.46. The highest BCUT2D eigenvalue weighted by atomic mass is 19.1. The van der Waals surface area contributed by atoms with Crippen molar-refractivity contribution in [3.8, 4) is 5.75 Å². The molecule has 1 aromatic heterocycles. The second-order valence-corrected chi connectivity index (χ2v) is 5.72. The average Bonchev–Trinajstić information content (AvgIpc) is 3.03. The molecule has 0 saturated heterocycles. The number of rotatable bonds is 2. The third-order valence-corrected chi connectivity index (χ3v) is 4.32. The molecule has 0 radical (unpaired) electrons. The molecule has 0 N–H and O–H groups in total. The Morgan fingerprint density at radius 2 is 1.84 bits per heavy atom. The predicted molar refractivity (Wildman–Crippen MR) is 87.2 cm³/mol. The van der Waals surface area contributed by atoms with Crippen molar-refractivity contribution in [2.24, 2.45) is 0 Å². The Balaban J connectivity index is 1.98. The summed E-state index contributed by atoms with van der Waals surface area (Å²) in [7, 11) is 1.25. The molecule has 126 valence electrons. The lowest BCUT2D eigenvalue weighted by Gasteiger charge is -2.16. The van der Waals surface area contributed by atoms with Gasteiger partial charge in [0.25, 0.3) is 0 Å². The van der Waals surface area contributed by atoms with Crippen LogP contribution in [0, 0.1) is 5.82 Å². The van der Waals surface area contributed by atoms with Gasteiger partial charge in [0.15, 0.2) is 0 Å². The van der Waals surface area contributed by atoms with Gasteiger partial charge in [0.1, 0.15) is 17.1 Å². The van der Waals surface area contributed by atoms with E-state index in [2.05, 4.69) is 0 Å². The van der Waals surface area contributed by atoms with E-state index in [0.29, 0.717) is 22.3 Å². The minimum Gasteiger partial charge on any atom is -0.476 e. The first-order valence-electron chi connectivity index (χ1n) is 7.66. The molecule has 2 aromatic carbocycles. The van der Waals surface area contributed by atoms with Crippen LogP contribution >= 0.6 is 0 Å². The maximum atomic E-state index is 13.3. The summed E-state index contributed by atoms with van der Waals surface area (Å²) < 4.78 is 29.3. The quantitative estimate of drug-likeness (QED) is 0.530. The molecule has 0 unspecified atom stereocenters. The summed E-state index contributed by atoms with van der Waals surface area (Å²) in [6, 6.07) is 12.5. The first-order chi connectivity index (χ1) is 12.1. The fourth-order valence-electron chi connectivity index (χ4n) is 3.19. The van der Waals surface area contributed by atoms with Gasteiger partial charge in [0, 0.05) is 0 Å². The van der Waals surface area contributed by atoms with Gasteiger partial charge in [-0.25, -0.2) is 14.0 Å². The molecule has 3 aromatic rings. The van der Waals surface area contributed by atoms with Gasteiger partial charge in [-0.1, -0.05) is 24.3 Å². The molecule has 0 aliphatic carbocycles. The standard InChI is InChI=1S/C19H13FO5/c1-23-19(22)17-14(10-6-8-11(20)9-7-10)15-16(25-17)12-4-2-3-5-13(12)24-18(15)21/h2-9,14,17H,1H3/t14-,17-/m0/s1. The van der Waals surface area contributed by atoms with E-state index >= 15 is 0 Å². The van der Waals surface area contributed by atoms with E-state index in [1.54, 1.807) is 24.3 Å². The molecular weight excluding hydrogens is 327 g/mol. The Bertz CT molecular complexity index is 1020. The van der Waals surface area contributed by atoms with Crippen LogP contribution in [0.5, 0.6) is 5.75 Å². The van der Waals surface area contributed by atoms with E-state index in [9.17, 15) is 14.0 Å². The van der Waals surface area contributed by atoms with E-state index in [0.717, 1.165) is 0 Å². The van der Waals surface area contributed by atoms with E-state index in [-0.39, 0.29) is 5.56 Å². The predicted octanol–water partition coefficient (Wildman–Crippen LogP) is 3.00. The summed E-state index contributed by atoms with van der Waals surface area (Å²) in [5.41, 5.74) is 0.586. The van der Waals surface area contributed by atoms with Crippen LogP contribution < -0.4 is 10.4 Å². The van der Waals surface area contributed by atoms with Crippen molar-refractivity contribution in [2.75, 3.05) is 7.11 Å². The molecule has 2 atom stereocenters. The van der Waals surface area contributed by atoms with Gasteiger partial charge in [0.05, 0.1) is 24.0 Å². The topological polar surface area (TPSA) is 65.7 Å². The first-order valence-corrected chi connectivity index (χ1v) is 7.66. The largest absolute Gasteiger partial charge is 0.476 e. The lowest BCUT2D eigenvalue weighted by Crippen LogP contribution is -2.31. The summed E-state index contributed by atoms with van der Waals surface area (Å²) in [6.07, 6.45) is -1.04. The minimum atomic E-state index is -1.04. The lowest BCUT2D eigenvalue weighted by atomic mass is 9.88. The zero-order valence-corrected chi connectivity index (χ0v) is 13.2. The highest BCUT2D eigenvalue weighted by molar-refractivity contribution is 5.88. The lowest BCUT2D eigenvalue weighted by molar-refractivity contribution is -0.148. The van der Waals surface area contributed by atoms with Crippen molar-refractivity contribution in [1.29, 1.82) is 0 Å². The number of carbonyl (C=O) groups excluding carboxylic acids is 1. The summed E-state index contributed by atoms with van der Waals surface area (Å²) in [4.78, 5) is 24.8. The number of fused-ring (bicyclic) bond motifs is 3. The number of carbonyl (C=O) groups is 1. The number of para-hydroxylation sites is 1. The van der Waals surface area contributed by atoms with Crippen molar-refractivity contribution in [2.45, 2.75) is 12.0 Å². The Morgan fingerprint density at radius 3 is 2.56 bits per heavy atom. The van der Waals surface area contributed by atoms with Gasteiger partial charge in [-0.3, -0.25) is 0 Å². The van der Waals surface area contributed by atoms with E-state index in [1.165, 1.54) is 31.4 Å². The molecule has 2 heterocycles. The Kier molecular flexibility index (Phi) is 3.53. The molecule has 25 heavy (non-hydrogen) atoms. The van der Waals surface area contributed by atoms with E-state index < -0.39 is 29.4 Å². The fourth-order valence-corrected chi connectivity index (χ4v) is 3.19. The van der Waals surface area contributed by atoms with Crippen molar-refractivity contribution >= 4 is 16.9 Å². The van der Waals surface area contributed by atoms with Crippen molar-refractivity contribution < 1.29 is 23.1 Å². The highest BCUT2D eigenvalue weighted by Gasteiger charge is 2.44. The molecule has 1 aliphatic rings. The van der Waals surface area contributed by atoms with Crippen LogP contribution in [0.15, 0.2) is 57.7 Å². The SMILES string of the molecule is COC(=O)[C@H]1Oc2c(c(=O)oc3ccccc23)[C@@H]1c1ccc(F)cc1. The molecule has 0 saturated carbocycles. The fraction of sp³-hybridized carbons (Fsp3) is 0.158. The third-order valence-electron chi connectivity index (χ3n) is 4.32. The average molecular weight is 340 g/mol. The van der Waals surface area contributed by atoms with Gasteiger partial charge in [0.2, 0.25) is 6.10 Å². The molecule has 6 heteroatoms. The Labute approximate surface area is 141 Å². The Morgan fingerprint density at radius 1 is 1.12 bits per heavy atom. The minimum absolute atomic E-state index is 0.237. The van der Waals surface area contributed by atoms with Gasteiger partial charge in [-0.15, -0.1) is 0 Å². The molecular formula is C19H13FO5. The molecule has 5 nitrogen and oxygen atoms in total. The van der Waals surface area contributed by atoms with Crippen LogP contribution in [0.2, 0.25) is 0 Å². The molecule has 0 fully saturated rings. The number of halogens is 1. The molecule has 4 rings (SSSR count). The summed E-state index contributed by atoms with van der Waals surface area (Å²) in [6.45, 7) is 0. The van der Waals surface area contributed by atoms with Gasteiger partial charge in [-0.2, -0.15) is 0 Å². The monoisotopic (exact) mass is 340 g/mol. The number of hydrogen-bond donors (Lipinski definition) is 0. The van der Waals surface area contributed by atoms with Crippen LogP contribution in [-0.2, 0) is 9.53 Å². The summed E-state index contributed by atoms with van der Waals surface area (Å²) >= 11 is 0. The maximum Gasteiger partial charge on any atom is 0.348 e. The highest BCUT2D eigenvalue weighted by Crippen LogP contribution is 2.44. The third kappa shape index (κ3) is 2.38. The normalized spacial score (nSPS) is 18.6. The second-order valence-electron chi connectivity index (χ2n) is 5.72. The van der Waals surface area contributed by atoms with Crippen LogP contribution in [0.25, 0.3) is 11.0 Å². The van der Waals surface area contributed by atoms with Crippen molar-refractivity contribution in [1.82, 2.24) is 0 Å². The van der Waals surface area contributed by atoms with Gasteiger partial charge in [-0.05, 0) is 29.8 Å². The number of ether oxygens (including phenoxy) is 2. The van der Waals surface area contributed by atoms with E-state index in [1.807, 2.05) is 0 Å². The zero-order chi connectivity index (χ0) is 17.6. The van der Waals surface area contributed by atoms with Crippen molar-refractivity contribution in [3.63, 3.8) is 0 Å². The van der Waals surface area contributed by atoms with Crippen LogP contribution in [0.3, 0.4) is 0 Å². The van der Waals surface area contributed by atoms with Crippen LogP contribution in [0.1, 0.15) is 17.0 Å². The Hall–Kier alpha value is -3.15. The second kappa shape index (κ2) is 5.73. The van der Waals surface area contributed by atoms with Crippen LogP contribution in [-0.4, -0.2) is 19.2 Å². The van der Waals surface area contributed by atoms with Gasteiger partial charge >= 0.3 is 11.6 Å². The zero-order valence-electron chi connectivity index (χ0n) is 13.2. The summed E-state index contributed by atoms with van der Waals surface area (Å²) in [5, 5.41) is 0.593. The molecule has 1 aliphatic heterocycles. The van der Waals surface area contributed by atoms with Crippen LogP contribution in [0.4, 0.5) is 4.39 Å². The number of methoxy groups -OCH3 is 1. The smallest absolute Gasteiger partial charge is 0.348 e. The molecule has 0 bridgehead atoms. The maximum absolute atomic E-state index is 13.3. The van der Waals surface area contributed by atoms with Gasteiger partial charge < -0.3 is 13.9 Å². The first kappa shape index (κ1) is 15.4. The number of hydrogen-bond acceptors (Lipinski definition) is 5. The van der Waals surface area contributed by atoms with Crippen molar-refractivity contribution in [3.05, 3.63) is 75.9 Å². The number of benzene rings is 2. The number of esters is 1. The van der Waals surface area contributed by atoms with E-state index in [4.69, 9.17) is 13.9 Å².